The second kappa shape index (κ2) is 10.5. The Labute approximate surface area is 228 Å². The number of hydrogen-bond donors (Lipinski definition) is 1. The highest BCUT2D eigenvalue weighted by Crippen LogP contribution is 3.02. The molecule has 15 heteroatoms. The molecule has 0 radical (unpaired) electrons. The van der Waals surface area contributed by atoms with Crippen LogP contribution in [0.15, 0.2) is 53.7 Å². The minimum atomic E-state index is -10.0. The number of methoxy groups -OCH3 is 2. The molecule has 0 saturated carbocycles. The minimum Gasteiger partial charge on any atom is -0.379 e. The third-order valence-corrected chi connectivity index (χ3v) is 7.72. The molecule has 2 aromatic rings. The predicted octanol–water partition coefficient (Wildman–Crippen LogP) is 4.92. The fourth-order valence-corrected chi connectivity index (χ4v) is 4.82. The number of hydrogen-bond acceptors (Lipinski definition) is 7. The number of ether oxygens (including phenoxy) is 2. The Morgan fingerprint density at radius 3 is 2.35 bits per heavy atom. The summed E-state index contributed by atoms with van der Waals surface area (Å²) < 4.78 is 77.8. The SMILES string of the molecule is CO[C@@H]1C[C@H](C(=O)N(c2ccc(S(F)(F)(F)(F)F)cc2)C(C(=O)NCC(C)(C)OC)c2cccnc2)N(C#N)C1. The molecule has 1 aliphatic heterocycles. The monoisotopic (exact) mass is 591 g/mol. The normalized spacial score (nSPS) is 20.1. The van der Waals surface area contributed by atoms with Gasteiger partial charge in [0, 0.05) is 50.8 Å². The van der Waals surface area contributed by atoms with Gasteiger partial charge in [-0.15, -0.1) is 0 Å². The van der Waals surface area contributed by atoms with Gasteiger partial charge in [-0.25, -0.2) is 0 Å². The van der Waals surface area contributed by atoms with Crippen LogP contribution >= 0.6 is 10.2 Å². The number of aromatic nitrogens is 1. The van der Waals surface area contributed by atoms with Crippen molar-refractivity contribution < 1.29 is 38.5 Å². The number of anilines is 1. The van der Waals surface area contributed by atoms with Gasteiger partial charge in [-0.05, 0) is 44.2 Å². The number of carbonyl (C=O) groups is 2. The maximum Gasteiger partial charge on any atom is 0.310 e. The van der Waals surface area contributed by atoms with Crippen LogP contribution < -0.4 is 10.2 Å². The molecular weight excluding hydrogens is 561 g/mol. The van der Waals surface area contributed by atoms with E-state index in [1.165, 1.54) is 38.7 Å². The molecule has 0 bridgehead atoms. The lowest BCUT2D eigenvalue weighted by molar-refractivity contribution is -0.128. The van der Waals surface area contributed by atoms with Crippen LogP contribution in [0.4, 0.5) is 25.1 Å². The van der Waals surface area contributed by atoms with E-state index in [0.29, 0.717) is 12.1 Å². The molecular formula is C25H30F5N5O4S. The summed E-state index contributed by atoms with van der Waals surface area (Å²) in [5.74, 6) is -1.57. The molecule has 9 nitrogen and oxygen atoms in total. The Balaban J connectivity index is 2.17. The molecule has 40 heavy (non-hydrogen) atoms. The molecule has 220 valence electrons. The molecule has 1 N–H and O–H groups in total. The second-order valence-electron chi connectivity index (χ2n) is 9.90. The van der Waals surface area contributed by atoms with E-state index in [4.69, 9.17) is 9.47 Å². The van der Waals surface area contributed by atoms with E-state index in [1.54, 1.807) is 13.8 Å². The van der Waals surface area contributed by atoms with Gasteiger partial charge in [-0.2, -0.15) is 5.26 Å². The van der Waals surface area contributed by atoms with E-state index in [0.717, 1.165) is 9.80 Å². The van der Waals surface area contributed by atoms with Crippen molar-refractivity contribution in [3.05, 3.63) is 54.4 Å². The summed E-state index contributed by atoms with van der Waals surface area (Å²) in [7, 11) is -7.19. The van der Waals surface area contributed by atoms with Gasteiger partial charge in [0.2, 0.25) is 5.91 Å². The molecule has 3 atom stereocenters. The fraction of sp³-hybridized carbons (Fsp3) is 0.440. The predicted molar refractivity (Wildman–Crippen MR) is 138 cm³/mol. The number of nitriles is 1. The first kappa shape index (κ1) is 31.1. The molecule has 1 fully saturated rings. The van der Waals surface area contributed by atoms with E-state index in [1.807, 2.05) is 6.19 Å². The lowest BCUT2D eigenvalue weighted by Gasteiger charge is -2.41. The zero-order chi connectivity index (χ0) is 30.0. The lowest BCUT2D eigenvalue weighted by atomic mass is 10.0. The topological polar surface area (TPSA) is 108 Å². The first-order valence-electron chi connectivity index (χ1n) is 12.0. The standard InChI is InChI=1S/C25H30F5N5O4S/c1-25(2,39-4)15-33-23(36)22(17-6-5-11-32-13-17)35(24(37)21-12-19(38-3)14-34(21)16-31)18-7-9-20(10-8-18)40(26,27,28,29)30/h5-11,13,19,21-22H,12,14-15H2,1-4H3,(H,33,36)/t19-,21-,22?/m1/s1. The van der Waals surface area contributed by atoms with Crippen LogP contribution in [0.5, 0.6) is 0 Å². The minimum absolute atomic E-state index is 0.0101. The fourth-order valence-electron chi connectivity index (χ4n) is 4.17. The summed E-state index contributed by atoms with van der Waals surface area (Å²) in [6.07, 6.45) is 4.14. The zero-order valence-electron chi connectivity index (χ0n) is 22.2. The van der Waals surface area contributed by atoms with Crippen LogP contribution in [0, 0.1) is 11.5 Å². The van der Waals surface area contributed by atoms with Gasteiger partial charge in [0.05, 0.1) is 18.2 Å². The van der Waals surface area contributed by atoms with Gasteiger partial charge in [0.1, 0.15) is 17.0 Å². The Morgan fingerprint density at radius 1 is 1.20 bits per heavy atom. The number of benzene rings is 1. The van der Waals surface area contributed by atoms with Crippen LogP contribution in [0.1, 0.15) is 31.9 Å². The van der Waals surface area contributed by atoms with E-state index < -0.39 is 50.7 Å². The Hall–Kier alpha value is -3.48. The quantitative estimate of drug-likeness (QED) is 0.309. The highest BCUT2D eigenvalue weighted by Gasteiger charge is 2.65. The maximum atomic E-state index is 14.1. The van der Waals surface area contributed by atoms with E-state index >= 15 is 0 Å². The molecule has 1 unspecified atom stereocenters. The van der Waals surface area contributed by atoms with Crippen LogP contribution in [0.2, 0.25) is 0 Å². The van der Waals surface area contributed by atoms with Crippen molar-refractivity contribution >= 4 is 27.7 Å². The van der Waals surface area contributed by atoms with Gasteiger partial charge in [-0.1, -0.05) is 25.5 Å². The summed E-state index contributed by atoms with van der Waals surface area (Å²) in [6.45, 7) is 3.44. The third-order valence-electron chi connectivity index (χ3n) is 6.55. The molecule has 1 aromatic carbocycles. The molecule has 0 spiro atoms. The van der Waals surface area contributed by atoms with Gasteiger partial charge in [0.15, 0.2) is 6.19 Å². The van der Waals surface area contributed by atoms with Crippen LogP contribution in [0.25, 0.3) is 0 Å². The second-order valence-corrected chi connectivity index (χ2v) is 12.3. The van der Waals surface area contributed by atoms with Gasteiger partial charge >= 0.3 is 10.2 Å². The number of amides is 2. The number of pyridine rings is 1. The Bertz CT molecular complexity index is 1270. The molecule has 2 heterocycles. The molecule has 3 rings (SSSR count). The number of likely N-dealkylation sites (tertiary alicyclic amines) is 1. The smallest absolute Gasteiger partial charge is 0.310 e. The average molecular weight is 592 g/mol. The van der Waals surface area contributed by atoms with Crippen LogP contribution in [-0.4, -0.2) is 66.8 Å². The van der Waals surface area contributed by atoms with Crippen LogP contribution in [0.3, 0.4) is 0 Å². The summed E-state index contributed by atoms with van der Waals surface area (Å²) in [6, 6.07) is 2.05. The summed E-state index contributed by atoms with van der Waals surface area (Å²) in [4.78, 5) is 31.6. The number of rotatable bonds is 10. The summed E-state index contributed by atoms with van der Waals surface area (Å²) in [5.41, 5.74) is -0.906. The largest absolute Gasteiger partial charge is 0.379 e. The van der Waals surface area contributed by atoms with Crippen molar-refractivity contribution in [1.82, 2.24) is 15.2 Å². The summed E-state index contributed by atoms with van der Waals surface area (Å²) >= 11 is 0. The first-order valence-corrected chi connectivity index (χ1v) is 13.9. The van der Waals surface area contributed by atoms with Gasteiger partial charge in [0.25, 0.3) is 5.91 Å². The maximum absolute atomic E-state index is 14.1. The van der Waals surface area contributed by atoms with Crippen molar-refractivity contribution in [2.75, 3.05) is 32.2 Å². The van der Waals surface area contributed by atoms with E-state index in [-0.39, 0.29) is 42.9 Å². The van der Waals surface area contributed by atoms with Crippen molar-refractivity contribution in [3.8, 4) is 6.19 Å². The molecule has 1 aliphatic rings. The Morgan fingerprint density at radius 2 is 1.85 bits per heavy atom. The highest BCUT2D eigenvalue weighted by atomic mass is 32.5. The third kappa shape index (κ3) is 7.18. The molecule has 1 aromatic heterocycles. The summed E-state index contributed by atoms with van der Waals surface area (Å²) in [5, 5.41) is 12.3. The average Bonchev–Trinajstić information content (AvgIpc) is 3.33. The first-order chi connectivity index (χ1) is 18.4. The van der Waals surface area contributed by atoms with E-state index in [2.05, 4.69) is 10.3 Å². The van der Waals surface area contributed by atoms with Crippen molar-refractivity contribution in [2.45, 2.75) is 49.0 Å². The van der Waals surface area contributed by atoms with Gasteiger partial charge < -0.3 is 14.8 Å². The number of nitrogens with zero attached hydrogens (tertiary/aromatic N) is 4. The number of halogens is 5. The molecule has 1 saturated heterocycles. The number of nitrogens with one attached hydrogen (secondary N) is 1. The van der Waals surface area contributed by atoms with Crippen molar-refractivity contribution in [3.63, 3.8) is 0 Å². The van der Waals surface area contributed by atoms with Gasteiger partial charge in [-0.3, -0.25) is 24.4 Å². The van der Waals surface area contributed by atoms with Crippen molar-refractivity contribution in [1.29, 1.82) is 5.26 Å². The molecule has 2 amide bonds. The van der Waals surface area contributed by atoms with E-state index in [9.17, 15) is 34.3 Å². The van der Waals surface area contributed by atoms with Crippen molar-refractivity contribution in [2.24, 2.45) is 0 Å². The number of carbonyl (C=O) groups excluding carboxylic acids is 2. The molecule has 0 aliphatic carbocycles. The Kier molecular flexibility index (Phi) is 8.14. The highest BCUT2D eigenvalue weighted by molar-refractivity contribution is 8.45. The lowest BCUT2D eigenvalue weighted by Crippen LogP contribution is -2.51. The zero-order valence-corrected chi connectivity index (χ0v) is 23.0. The van der Waals surface area contributed by atoms with Crippen LogP contribution in [-0.2, 0) is 19.1 Å².